The summed E-state index contributed by atoms with van der Waals surface area (Å²) < 4.78 is 27.1. The van der Waals surface area contributed by atoms with E-state index in [2.05, 4.69) is 26.0 Å². The van der Waals surface area contributed by atoms with Gasteiger partial charge < -0.3 is 30.5 Å². The first-order valence-corrected chi connectivity index (χ1v) is 9.69. The quantitative estimate of drug-likeness (QED) is 0.468. The standard InChI is InChI=1S/C20H23FN6O4/c1-20(2,29)10-23-19(28)11-9-24-27-15(22-3)8-14(26-18(11)27)25-16-12(21)4-5-13-17(16)31-7-6-30-13/h4-5,8-9,22,29H,6-7,10H2,1-3H3,(H,23,28)(H,25,26). The van der Waals surface area contributed by atoms with Gasteiger partial charge in [0, 0.05) is 19.7 Å². The Labute approximate surface area is 177 Å². The maximum Gasteiger partial charge on any atom is 0.256 e. The average Bonchev–Trinajstić information content (AvgIpc) is 3.17. The topological polar surface area (TPSA) is 122 Å². The fraction of sp³-hybridized carbons (Fsp3) is 0.350. The Kier molecular flexibility index (Phi) is 5.27. The van der Waals surface area contributed by atoms with Crippen molar-refractivity contribution in [2.45, 2.75) is 19.4 Å². The molecule has 3 aromatic rings. The van der Waals surface area contributed by atoms with Crippen LogP contribution in [0.15, 0.2) is 24.4 Å². The second-order valence-electron chi connectivity index (χ2n) is 7.64. The predicted octanol–water partition coefficient (Wildman–Crippen LogP) is 1.93. The Morgan fingerprint density at radius 1 is 1.32 bits per heavy atom. The number of anilines is 3. The highest BCUT2D eigenvalue weighted by atomic mass is 19.1. The lowest BCUT2D eigenvalue weighted by Crippen LogP contribution is -2.38. The van der Waals surface area contributed by atoms with Gasteiger partial charge in [-0.05, 0) is 26.0 Å². The van der Waals surface area contributed by atoms with Gasteiger partial charge in [-0.2, -0.15) is 9.61 Å². The van der Waals surface area contributed by atoms with Crippen LogP contribution in [-0.2, 0) is 0 Å². The van der Waals surface area contributed by atoms with E-state index < -0.39 is 17.3 Å². The van der Waals surface area contributed by atoms with Crippen LogP contribution in [-0.4, -0.2) is 58.0 Å². The number of ether oxygens (including phenoxy) is 2. The van der Waals surface area contributed by atoms with Gasteiger partial charge in [-0.25, -0.2) is 9.37 Å². The van der Waals surface area contributed by atoms with Crippen LogP contribution in [0.5, 0.6) is 11.5 Å². The van der Waals surface area contributed by atoms with E-state index in [1.165, 1.54) is 22.8 Å². The minimum atomic E-state index is -1.07. The number of carbonyl (C=O) groups excluding carboxylic acids is 1. The zero-order valence-corrected chi connectivity index (χ0v) is 17.3. The van der Waals surface area contributed by atoms with Crippen LogP contribution in [0.25, 0.3) is 5.65 Å². The molecule has 0 unspecified atom stereocenters. The maximum atomic E-state index is 14.6. The van der Waals surface area contributed by atoms with Gasteiger partial charge in [-0.3, -0.25) is 4.79 Å². The molecule has 0 fully saturated rings. The summed E-state index contributed by atoms with van der Waals surface area (Å²) in [7, 11) is 1.69. The molecule has 3 heterocycles. The van der Waals surface area contributed by atoms with E-state index in [9.17, 15) is 14.3 Å². The van der Waals surface area contributed by atoms with Crippen molar-refractivity contribution in [1.29, 1.82) is 0 Å². The van der Waals surface area contributed by atoms with Crippen molar-refractivity contribution < 1.29 is 23.8 Å². The number of rotatable bonds is 6. The van der Waals surface area contributed by atoms with Gasteiger partial charge in [0.15, 0.2) is 23.0 Å². The van der Waals surface area contributed by atoms with Gasteiger partial charge in [-0.15, -0.1) is 0 Å². The number of amides is 1. The van der Waals surface area contributed by atoms with Gasteiger partial charge in [0.25, 0.3) is 5.91 Å². The van der Waals surface area contributed by atoms with Crippen LogP contribution >= 0.6 is 0 Å². The molecule has 4 N–H and O–H groups in total. The maximum absolute atomic E-state index is 14.6. The molecule has 1 aromatic carbocycles. The molecule has 0 spiro atoms. The summed E-state index contributed by atoms with van der Waals surface area (Å²) in [6.07, 6.45) is 1.38. The van der Waals surface area contributed by atoms with Crippen molar-refractivity contribution in [1.82, 2.24) is 19.9 Å². The molecule has 0 atom stereocenters. The molecule has 31 heavy (non-hydrogen) atoms. The summed E-state index contributed by atoms with van der Waals surface area (Å²) in [4.78, 5) is 17.1. The summed E-state index contributed by atoms with van der Waals surface area (Å²) in [5, 5.41) is 22.6. The van der Waals surface area contributed by atoms with E-state index >= 15 is 0 Å². The zero-order valence-electron chi connectivity index (χ0n) is 17.3. The molecule has 164 valence electrons. The summed E-state index contributed by atoms with van der Waals surface area (Å²) >= 11 is 0. The fourth-order valence-electron chi connectivity index (χ4n) is 3.09. The van der Waals surface area contributed by atoms with Crippen molar-refractivity contribution >= 4 is 28.9 Å². The Morgan fingerprint density at radius 2 is 2.10 bits per heavy atom. The van der Waals surface area contributed by atoms with Crippen LogP contribution < -0.4 is 25.4 Å². The van der Waals surface area contributed by atoms with Crippen molar-refractivity contribution in [2.75, 3.05) is 37.4 Å². The third-order valence-corrected chi connectivity index (χ3v) is 4.57. The lowest BCUT2D eigenvalue weighted by atomic mass is 10.1. The number of halogens is 1. The van der Waals surface area contributed by atoms with E-state index in [0.717, 1.165) is 0 Å². The Bertz CT molecular complexity index is 1140. The molecule has 1 aliphatic heterocycles. The molecular weight excluding hydrogens is 407 g/mol. The number of fused-ring (bicyclic) bond motifs is 2. The lowest BCUT2D eigenvalue weighted by Gasteiger charge is -2.22. The molecule has 2 aromatic heterocycles. The third-order valence-electron chi connectivity index (χ3n) is 4.57. The molecule has 0 saturated heterocycles. The summed E-state index contributed by atoms with van der Waals surface area (Å²) in [5.74, 6) is 0.515. The number of nitrogens with zero attached hydrogens (tertiary/aromatic N) is 3. The number of hydrogen-bond donors (Lipinski definition) is 4. The molecule has 0 saturated carbocycles. The number of aliphatic hydroxyl groups is 1. The number of benzene rings is 1. The monoisotopic (exact) mass is 430 g/mol. The van der Waals surface area contributed by atoms with Crippen LogP contribution in [0.3, 0.4) is 0 Å². The third kappa shape index (κ3) is 4.17. The normalized spacial score (nSPS) is 13.2. The Morgan fingerprint density at radius 3 is 2.84 bits per heavy atom. The molecule has 1 aliphatic rings. The van der Waals surface area contributed by atoms with Gasteiger partial charge >= 0.3 is 0 Å². The number of hydrogen-bond acceptors (Lipinski definition) is 8. The first-order valence-electron chi connectivity index (χ1n) is 9.69. The lowest BCUT2D eigenvalue weighted by molar-refractivity contribution is 0.0695. The first-order chi connectivity index (χ1) is 14.8. The van der Waals surface area contributed by atoms with Crippen molar-refractivity contribution in [3.8, 4) is 11.5 Å². The second-order valence-corrected chi connectivity index (χ2v) is 7.64. The van der Waals surface area contributed by atoms with Gasteiger partial charge in [-0.1, -0.05) is 0 Å². The summed E-state index contributed by atoms with van der Waals surface area (Å²) in [6, 6.07) is 4.41. The largest absolute Gasteiger partial charge is 0.486 e. The molecule has 11 heteroatoms. The Balaban J connectivity index is 1.72. The SMILES string of the molecule is CNc1cc(Nc2c(F)ccc3c2OCCO3)nc2c(C(=O)NCC(C)(C)O)cnn12. The minimum Gasteiger partial charge on any atom is -0.486 e. The van der Waals surface area contributed by atoms with Crippen molar-refractivity contribution in [3.63, 3.8) is 0 Å². The van der Waals surface area contributed by atoms with E-state index in [4.69, 9.17) is 9.47 Å². The summed E-state index contributed by atoms with van der Waals surface area (Å²) in [5.41, 5.74) is -0.519. The van der Waals surface area contributed by atoms with Gasteiger partial charge in [0.2, 0.25) is 0 Å². The highest BCUT2D eigenvalue weighted by Gasteiger charge is 2.23. The van der Waals surface area contributed by atoms with Crippen molar-refractivity contribution in [2.24, 2.45) is 0 Å². The fourth-order valence-corrected chi connectivity index (χ4v) is 3.09. The first kappa shape index (κ1) is 20.7. The molecule has 4 rings (SSSR count). The Hall–Kier alpha value is -3.60. The minimum absolute atomic E-state index is 0.0543. The molecule has 0 aliphatic carbocycles. The highest BCUT2D eigenvalue weighted by molar-refractivity contribution is 6.00. The zero-order chi connectivity index (χ0) is 22.2. The smallest absolute Gasteiger partial charge is 0.256 e. The van der Waals surface area contributed by atoms with Crippen LogP contribution in [0.4, 0.5) is 21.7 Å². The molecule has 1 amide bonds. The van der Waals surface area contributed by atoms with E-state index in [0.29, 0.717) is 24.8 Å². The number of nitrogens with one attached hydrogen (secondary N) is 3. The highest BCUT2D eigenvalue weighted by Crippen LogP contribution is 2.40. The van der Waals surface area contributed by atoms with E-state index in [1.54, 1.807) is 27.0 Å². The van der Waals surface area contributed by atoms with Gasteiger partial charge in [0.05, 0.1) is 11.8 Å². The second kappa shape index (κ2) is 7.91. The summed E-state index contributed by atoms with van der Waals surface area (Å²) in [6.45, 7) is 3.91. The van der Waals surface area contributed by atoms with Gasteiger partial charge in [0.1, 0.15) is 36.1 Å². The predicted molar refractivity (Wildman–Crippen MR) is 112 cm³/mol. The molecule has 0 bridgehead atoms. The average molecular weight is 430 g/mol. The van der Waals surface area contributed by atoms with E-state index in [1.807, 2.05) is 0 Å². The van der Waals surface area contributed by atoms with Crippen molar-refractivity contribution in [3.05, 3.63) is 35.8 Å². The molecular formula is C20H23FN6O4. The number of carbonyl (C=O) groups is 1. The molecule has 10 nitrogen and oxygen atoms in total. The van der Waals surface area contributed by atoms with Crippen LogP contribution in [0.1, 0.15) is 24.2 Å². The van der Waals surface area contributed by atoms with E-state index in [-0.39, 0.29) is 35.0 Å². The number of aromatic nitrogens is 3. The van der Waals surface area contributed by atoms with Crippen LogP contribution in [0.2, 0.25) is 0 Å². The molecule has 0 radical (unpaired) electrons. The van der Waals surface area contributed by atoms with Crippen LogP contribution in [0, 0.1) is 5.82 Å².